The minimum absolute atomic E-state index is 0.0761. The number of aromatic carboxylic acids is 1. The van der Waals surface area contributed by atoms with Gasteiger partial charge in [-0.2, -0.15) is 0 Å². The molecule has 0 saturated carbocycles. The van der Waals surface area contributed by atoms with Gasteiger partial charge in [0, 0.05) is 12.5 Å². The molecule has 0 aliphatic rings. The zero-order valence-electron chi connectivity index (χ0n) is 18.5. The van der Waals surface area contributed by atoms with Gasteiger partial charge in [0.15, 0.2) is 0 Å². The average Bonchev–Trinajstić information content (AvgIpc) is 3.17. The lowest BCUT2D eigenvalue weighted by atomic mass is 9.92. The van der Waals surface area contributed by atoms with Crippen LogP contribution in [0.1, 0.15) is 49.5 Å². The largest absolute Gasteiger partial charge is 0.478 e. The molecule has 2 N–H and O–H groups in total. The Labute approximate surface area is 188 Å². The molecule has 10 heteroatoms. The number of nitrogens with zero attached hydrogens (tertiary/aromatic N) is 2. The van der Waals surface area contributed by atoms with Crippen molar-refractivity contribution in [3.63, 3.8) is 0 Å². The SMILES string of the molecule is CC(C)(C)OC(=O)NC(C)(Cc1ccccc1)c1nnc(-c2cc(C(=O)O)c(F)cc2F)o1. The van der Waals surface area contributed by atoms with Gasteiger partial charge in [0.25, 0.3) is 5.89 Å². The van der Waals surface area contributed by atoms with Crippen molar-refractivity contribution in [1.29, 1.82) is 0 Å². The smallest absolute Gasteiger partial charge is 0.408 e. The molecule has 1 amide bonds. The van der Waals surface area contributed by atoms with Crippen molar-refractivity contribution in [3.8, 4) is 11.5 Å². The van der Waals surface area contributed by atoms with Gasteiger partial charge >= 0.3 is 12.1 Å². The maximum Gasteiger partial charge on any atom is 0.408 e. The standard InChI is InChI=1S/C23H23F2N3O5/c1-22(2,3)33-21(31)26-23(4,12-13-8-6-5-7-9-13)20-28-27-18(32-20)14-10-15(19(29)30)17(25)11-16(14)24/h5-11H,12H2,1-4H3,(H,26,31)(H,29,30). The minimum atomic E-state index is -1.58. The first-order valence-electron chi connectivity index (χ1n) is 10.00. The number of benzene rings is 2. The van der Waals surface area contributed by atoms with Crippen molar-refractivity contribution in [2.24, 2.45) is 0 Å². The van der Waals surface area contributed by atoms with Crippen LogP contribution in [0.2, 0.25) is 0 Å². The molecule has 0 saturated heterocycles. The van der Waals surface area contributed by atoms with Gasteiger partial charge in [0.2, 0.25) is 5.89 Å². The second kappa shape index (κ2) is 8.97. The molecule has 3 aromatic rings. The highest BCUT2D eigenvalue weighted by Gasteiger charge is 2.37. The zero-order chi connectivity index (χ0) is 24.4. The molecule has 1 aromatic heterocycles. The molecule has 2 aromatic carbocycles. The molecule has 0 fully saturated rings. The first-order valence-corrected chi connectivity index (χ1v) is 10.00. The lowest BCUT2D eigenvalue weighted by Crippen LogP contribution is -2.47. The number of hydrogen-bond donors (Lipinski definition) is 2. The number of hydrogen-bond acceptors (Lipinski definition) is 6. The first-order chi connectivity index (χ1) is 15.4. The Hall–Kier alpha value is -3.82. The van der Waals surface area contributed by atoms with Crippen LogP contribution in [0.15, 0.2) is 46.9 Å². The van der Waals surface area contributed by atoms with Gasteiger partial charge < -0.3 is 19.6 Å². The van der Waals surface area contributed by atoms with Crippen LogP contribution < -0.4 is 5.32 Å². The average molecular weight is 459 g/mol. The number of amides is 1. The molecule has 1 unspecified atom stereocenters. The quantitative estimate of drug-likeness (QED) is 0.549. The highest BCUT2D eigenvalue weighted by molar-refractivity contribution is 5.89. The Morgan fingerprint density at radius 3 is 2.33 bits per heavy atom. The van der Waals surface area contributed by atoms with Gasteiger partial charge in [-0.15, -0.1) is 10.2 Å². The fourth-order valence-corrected chi connectivity index (χ4v) is 3.14. The van der Waals surface area contributed by atoms with Gasteiger partial charge in [-0.3, -0.25) is 0 Å². The lowest BCUT2D eigenvalue weighted by molar-refractivity contribution is 0.0443. The van der Waals surface area contributed by atoms with Crippen LogP contribution in [0.25, 0.3) is 11.5 Å². The molecule has 0 aliphatic heterocycles. The van der Waals surface area contributed by atoms with Crippen LogP contribution in [-0.2, 0) is 16.7 Å². The van der Waals surface area contributed by atoms with E-state index < -0.39 is 40.4 Å². The van der Waals surface area contributed by atoms with E-state index >= 15 is 0 Å². The van der Waals surface area contributed by atoms with E-state index in [1.54, 1.807) is 27.7 Å². The number of nitrogens with one attached hydrogen (secondary N) is 1. The molecular weight excluding hydrogens is 436 g/mol. The normalized spacial score (nSPS) is 13.3. The maximum absolute atomic E-state index is 14.4. The first kappa shape index (κ1) is 23.8. The molecule has 8 nitrogen and oxygen atoms in total. The number of aromatic nitrogens is 2. The topological polar surface area (TPSA) is 115 Å². The second-order valence-corrected chi connectivity index (χ2v) is 8.65. The molecule has 1 heterocycles. The van der Waals surface area contributed by atoms with Gasteiger partial charge in [-0.1, -0.05) is 30.3 Å². The third-order valence-electron chi connectivity index (χ3n) is 4.59. The molecule has 0 aliphatic carbocycles. The zero-order valence-corrected chi connectivity index (χ0v) is 18.5. The minimum Gasteiger partial charge on any atom is -0.478 e. The van der Waals surface area contributed by atoms with Crippen molar-refractivity contribution in [2.75, 3.05) is 0 Å². The maximum atomic E-state index is 14.4. The molecule has 0 radical (unpaired) electrons. The number of halogens is 2. The summed E-state index contributed by atoms with van der Waals surface area (Å²) in [5.74, 6) is -4.32. The molecule has 3 rings (SSSR count). The van der Waals surface area contributed by atoms with E-state index in [1.165, 1.54) is 0 Å². The van der Waals surface area contributed by atoms with E-state index in [4.69, 9.17) is 14.3 Å². The lowest BCUT2D eigenvalue weighted by Gasteiger charge is -2.29. The fraction of sp³-hybridized carbons (Fsp3) is 0.304. The number of alkyl carbamates (subject to hydrolysis) is 1. The summed E-state index contributed by atoms with van der Waals surface area (Å²) < 4.78 is 39.1. The fourth-order valence-electron chi connectivity index (χ4n) is 3.14. The van der Waals surface area contributed by atoms with Crippen LogP contribution in [0.4, 0.5) is 13.6 Å². The van der Waals surface area contributed by atoms with Crippen LogP contribution >= 0.6 is 0 Å². The van der Waals surface area contributed by atoms with Crippen molar-refractivity contribution < 1.29 is 32.6 Å². The Kier molecular flexibility index (Phi) is 6.48. The van der Waals surface area contributed by atoms with E-state index in [9.17, 15) is 18.4 Å². The van der Waals surface area contributed by atoms with Crippen molar-refractivity contribution >= 4 is 12.1 Å². The predicted octanol–water partition coefficient (Wildman–Crippen LogP) is 4.70. The summed E-state index contributed by atoms with van der Waals surface area (Å²) in [5.41, 5.74) is -2.32. The number of rotatable bonds is 6. The predicted molar refractivity (Wildman–Crippen MR) is 113 cm³/mol. The summed E-state index contributed by atoms with van der Waals surface area (Å²) in [6.45, 7) is 6.76. The third-order valence-corrected chi connectivity index (χ3v) is 4.59. The van der Waals surface area contributed by atoms with Gasteiger partial charge in [-0.25, -0.2) is 18.4 Å². The third kappa shape index (κ3) is 5.71. The highest BCUT2D eigenvalue weighted by Crippen LogP contribution is 2.30. The summed E-state index contributed by atoms with van der Waals surface area (Å²) in [7, 11) is 0. The summed E-state index contributed by atoms with van der Waals surface area (Å²) in [4.78, 5) is 23.8. The Morgan fingerprint density at radius 1 is 1.06 bits per heavy atom. The Bertz CT molecular complexity index is 1170. The van der Waals surface area contributed by atoms with Crippen molar-refractivity contribution in [3.05, 3.63) is 71.1 Å². The summed E-state index contributed by atoms with van der Waals surface area (Å²) in [5, 5.41) is 19.6. The monoisotopic (exact) mass is 459 g/mol. The van der Waals surface area contributed by atoms with Crippen LogP contribution in [0.3, 0.4) is 0 Å². The van der Waals surface area contributed by atoms with Gasteiger partial charge in [0.1, 0.15) is 22.8 Å². The molecule has 174 valence electrons. The number of ether oxygens (including phenoxy) is 1. The Morgan fingerprint density at radius 2 is 1.73 bits per heavy atom. The van der Waals surface area contributed by atoms with Gasteiger partial charge in [0.05, 0.1) is 11.1 Å². The summed E-state index contributed by atoms with van der Waals surface area (Å²) in [6.07, 6.45) is -0.511. The molecule has 0 spiro atoms. The number of carboxylic acid groups (broad SMARTS) is 1. The Balaban J connectivity index is 2.01. The van der Waals surface area contributed by atoms with Gasteiger partial charge in [-0.05, 0) is 39.3 Å². The van der Waals surface area contributed by atoms with E-state index in [-0.39, 0.29) is 23.8 Å². The van der Waals surface area contributed by atoms with Crippen LogP contribution in [-0.4, -0.2) is 33.0 Å². The molecular formula is C23H23F2N3O5. The number of carbonyl (C=O) groups excluding carboxylic acids is 1. The van der Waals surface area contributed by atoms with Crippen molar-refractivity contribution in [2.45, 2.75) is 45.3 Å². The number of carboxylic acids is 1. The molecule has 33 heavy (non-hydrogen) atoms. The summed E-state index contributed by atoms with van der Waals surface area (Å²) in [6, 6.07) is 10.4. The molecule has 0 bridgehead atoms. The second-order valence-electron chi connectivity index (χ2n) is 8.65. The van der Waals surface area contributed by atoms with E-state index in [1.807, 2.05) is 30.3 Å². The van der Waals surface area contributed by atoms with E-state index in [0.29, 0.717) is 6.07 Å². The molecule has 1 atom stereocenters. The van der Waals surface area contributed by atoms with Crippen LogP contribution in [0, 0.1) is 11.6 Å². The van der Waals surface area contributed by atoms with E-state index in [0.717, 1.165) is 11.6 Å². The number of carbonyl (C=O) groups is 2. The highest BCUT2D eigenvalue weighted by atomic mass is 19.1. The van der Waals surface area contributed by atoms with E-state index in [2.05, 4.69) is 15.5 Å². The summed E-state index contributed by atoms with van der Waals surface area (Å²) >= 11 is 0. The van der Waals surface area contributed by atoms with Crippen LogP contribution in [0.5, 0.6) is 0 Å². The van der Waals surface area contributed by atoms with Crippen molar-refractivity contribution in [1.82, 2.24) is 15.5 Å².